The number of carbonyl (C=O) groups excluding carboxylic acids is 3. The second-order valence-corrected chi connectivity index (χ2v) is 5.64. The number of para-hydroxylation sites is 1. The molecule has 2 heterocycles. The number of esters is 1. The zero-order valence-corrected chi connectivity index (χ0v) is 12.8. The Kier molecular flexibility index (Phi) is 4.40. The number of Topliss-reactive ketones (excluding diaryl/α,β-unsaturated/α-hetero) is 1. The lowest BCUT2D eigenvalue weighted by Gasteiger charge is -2.29. The maximum absolute atomic E-state index is 12.5. The summed E-state index contributed by atoms with van der Waals surface area (Å²) in [6, 6.07) is 8.77. The number of anilines is 1. The number of ketones is 1. The zero-order chi connectivity index (χ0) is 16.4. The van der Waals surface area contributed by atoms with Gasteiger partial charge in [-0.1, -0.05) is 18.2 Å². The molecule has 0 aliphatic carbocycles. The molecular formula is C16H19N3O4. The highest BCUT2D eigenvalue weighted by Crippen LogP contribution is 2.27. The highest BCUT2D eigenvalue weighted by molar-refractivity contribution is 6.11. The van der Waals surface area contributed by atoms with Crippen molar-refractivity contribution < 1.29 is 19.1 Å². The fourth-order valence-electron chi connectivity index (χ4n) is 3.03. The molecule has 2 saturated heterocycles. The zero-order valence-electron chi connectivity index (χ0n) is 12.8. The minimum absolute atomic E-state index is 0.115. The molecule has 2 N–H and O–H groups in total. The van der Waals surface area contributed by atoms with E-state index in [1.165, 1.54) is 5.01 Å². The van der Waals surface area contributed by atoms with Crippen molar-refractivity contribution in [3.8, 4) is 0 Å². The molecule has 7 heteroatoms. The third-order valence-corrected chi connectivity index (χ3v) is 4.03. The van der Waals surface area contributed by atoms with Gasteiger partial charge in [-0.05, 0) is 19.1 Å². The number of amides is 1. The molecule has 0 saturated carbocycles. The minimum Gasteiger partial charge on any atom is -0.466 e. The van der Waals surface area contributed by atoms with E-state index in [-0.39, 0.29) is 36.5 Å². The molecule has 3 rings (SSSR count). The summed E-state index contributed by atoms with van der Waals surface area (Å²) in [5.41, 5.74) is 3.71. The monoisotopic (exact) mass is 317 g/mol. The van der Waals surface area contributed by atoms with Crippen LogP contribution in [0.5, 0.6) is 0 Å². The van der Waals surface area contributed by atoms with Crippen LogP contribution >= 0.6 is 0 Å². The summed E-state index contributed by atoms with van der Waals surface area (Å²) in [6.45, 7) is 2.05. The lowest BCUT2D eigenvalue weighted by molar-refractivity contribution is -0.144. The van der Waals surface area contributed by atoms with Gasteiger partial charge in [0.2, 0.25) is 0 Å². The topological polar surface area (TPSA) is 87.7 Å². The van der Waals surface area contributed by atoms with E-state index in [0.29, 0.717) is 12.3 Å². The molecule has 23 heavy (non-hydrogen) atoms. The van der Waals surface area contributed by atoms with Crippen LogP contribution in [0.2, 0.25) is 0 Å². The number of hydrazine groups is 1. The van der Waals surface area contributed by atoms with Gasteiger partial charge >= 0.3 is 5.97 Å². The van der Waals surface area contributed by atoms with Crippen molar-refractivity contribution in [1.29, 1.82) is 0 Å². The van der Waals surface area contributed by atoms with E-state index in [0.717, 1.165) is 0 Å². The Labute approximate surface area is 133 Å². The molecular weight excluding hydrogens is 298 g/mol. The van der Waals surface area contributed by atoms with Crippen LogP contribution in [0.3, 0.4) is 0 Å². The highest BCUT2D eigenvalue weighted by atomic mass is 16.5. The molecule has 3 unspecified atom stereocenters. The number of benzene rings is 1. The first-order valence-electron chi connectivity index (χ1n) is 7.69. The predicted molar refractivity (Wildman–Crippen MR) is 82.1 cm³/mol. The largest absolute Gasteiger partial charge is 0.466 e. The number of piperidine rings is 1. The third-order valence-electron chi connectivity index (χ3n) is 4.03. The van der Waals surface area contributed by atoms with Crippen molar-refractivity contribution in [3.05, 3.63) is 30.3 Å². The predicted octanol–water partition coefficient (Wildman–Crippen LogP) is 0.364. The summed E-state index contributed by atoms with van der Waals surface area (Å²) in [4.78, 5) is 36.4. The smallest absolute Gasteiger partial charge is 0.307 e. The van der Waals surface area contributed by atoms with Gasteiger partial charge in [-0.3, -0.25) is 19.7 Å². The standard InChI is InChI=1S/C16H19N3O4/c1-2-23-13(21)9-10-8-12(20)14-15(17-10)18-19(16(14)22)11-6-4-3-5-7-11/h3-7,10,14-15,17-18H,2,8-9H2,1H3. The van der Waals surface area contributed by atoms with Crippen molar-refractivity contribution in [3.63, 3.8) is 0 Å². The molecule has 1 aromatic carbocycles. The molecule has 2 fully saturated rings. The fourth-order valence-corrected chi connectivity index (χ4v) is 3.03. The van der Waals surface area contributed by atoms with Gasteiger partial charge in [0, 0.05) is 12.5 Å². The lowest BCUT2D eigenvalue weighted by atomic mass is 9.89. The van der Waals surface area contributed by atoms with Crippen LogP contribution in [0.4, 0.5) is 5.69 Å². The summed E-state index contributed by atoms with van der Waals surface area (Å²) in [7, 11) is 0. The van der Waals surface area contributed by atoms with E-state index in [4.69, 9.17) is 4.74 Å². The maximum Gasteiger partial charge on any atom is 0.307 e. The van der Waals surface area contributed by atoms with E-state index in [9.17, 15) is 14.4 Å². The number of nitrogens with one attached hydrogen (secondary N) is 2. The van der Waals surface area contributed by atoms with E-state index in [1.54, 1.807) is 19.1 Å². The minimum atomic E-state index is -0.756. The summed E-state index contributed by atoms with van der Waals surface area (Å²) >= 11 is 0. The second-order valence-electron chi connectivity index (χ2n) is 5.64. The maximum atomic E-state index is 12.5. The second kappa shape index (κ2) is 6.47. The Balaban J connectivity index is 1.72. The average Bonchev–Trinajstić information content (AvgIpc) is 2.85. The Bertz CT molecular complexity index is 619. The molecule has 2 aliphatic heterocycles. The molecule has 2 aliphatic rings. The number of carbonyl (C=O) groups is 3. The van der Waals surface area contributed by atoms with E-state index in [1.807, 2.05) is 18.2 Å². The molecule has 0 radical (unpaired) electrons. The van der Waals surface area contributed by atoms with Crippen molar-refractivity contribution in [2.45, 2.75) is 32.0 Å². The number of fused-ring (bicyclic) bond motifs is 1. The molecule has 0 spiro atoms. The summed E-state index contributed by atoms with van der Waals surface area (Å²) < 4.78 is 4.91. The average molecular weight is 317 g/mol. The van der Waals surface area contributed by atoms with Gasteiger partial charge in [0.1, 0.15) is 11.7 Å². The van der Waals surface area contributed by atoms with Crippen LogP contribution in [-0.4, -0.2) is 36.5 Å². The Morgan fingerprint density at radius 3 is 2.74 bits per heavy atom. The van der Waals surface area contributed by atoms with Gasteiger partial charge in [-0.25, -0.2) is 10.4 Å². The number of hydrogen-bond acceptors (Lipinski definition) is 6. The van der Waals surface area contributed by atoms with Gasteiger partial charge in [0.15, 0.2) is 0 Å². The number of rotatable bonds is 4. The normalized spacial score (nSPS) is 27.0. The van der Waals surface area contributed by atoms with Crippen LogP contribution in [0, 0.1) is 5.92 Å². The summed E-state index contributed by atoms with van der Waals surface area (Å²) in [6.07, 6.45) is -0.233. The molecule has 7 nitrogen and oxygen atoms in total. The third kappa shape index (κ3) is 3.11. The van der Waals surface area contributed by atoms with E-state index in [2.05, 4.69) is 10.7 Å². The van der Waals surface area contributed by atoms with E-state index >= 15 is 0 Å². The quantitative estimate of drug-likeness (QED) is 0.616. The van der Waals surface area contributed by atoms with Crippen LogP contribution in [0.25, 0.3) is 0 Å². The molecule has 3 atom stereocenters. The van der Waals surface area contributed by atoms with Gasteiger partial charge < -0.3 is 4.74 Å². The highest BCUT2D eigenvalue weighted by Gasteiger charge is 2.49. The van der Waals surface area contributed by atoms with Gasteiger partial charge in [-0.2, -0.15) is 0 Å². The van der Waals surface area contributed by atoms with E-state index < -0.39 is 12.1 Å². The van der Waals surface area contributed by atoms with Crippen LogP contribution in [-0.2, 0) is 19.1 Å². The van der Waals surface area contributed by atoms with Crippen molar-refractivity contribution in [2.24, 2.45) is 5.92 Å². The van der Waals surface area contributed by atoms with Crippen molar-refractivity contribution in [1.82, 2.24) is 10.7 Å². The molecule has 1 amide bonds. The van der Waals surface area contributed by atoms with Crippen molar-refractivity contribution in [2.75, 3.05) is 11.6 Å². The number of nitrogens with zero attached hydrogens (tertiary/aromatic N) is 1. The number of hydrogen-bond donors (Lipinski definition) is 2. The van der Waals surface area contributed by atoms with Crippen LogP contribution < -0.4 is 15.8 Å². The van der Waals surface area contributed by atoms with Crippen LogP contribution in [0.1, 0.15) is 19.8 Å². The first-order chi connectivity index (χ1) is 11.1. The van der Waals surface area contributed by atoms with Gasteiger partial charge in [0.25, 0.3) is 5.91 Å². The Morgan fingerprint density at radius 1 is 1.30 bits per heavy atom. The van der Waals surface area contributed by atoms with Gasteiger partial charge in [0.05, 0.1) is 24.9 Å². The molecule has 122 valence electrons. The van der Waals surface area contributed by atoms with Crippen molar-refractivity contribution >= 4 is 23.3 Å². The summed E-state index contributed by atoms with van der Waals surface area (Å²) in [5, 5.41) is 4.57. The fraction of sp³-hybridized carbons (Fsp3) is 0.438. The van der Waals surface area contributed by atoms with Crippen LogP contribution in [0.15, 0.2) is 30.3 Å². The summed E-state index contributed by atoms with van der Waals surface area (Å²) in [5.74, 6) is -1.53. The molecule has 0 bridgehead atoms. The molecule has 0 aromatic heterocycles. The first kappa shape index (κ1) is 15.6. The van der Waals surface area contributed by atoms with Gasteiger partial charge in [-0.15, -0.1) is 0 Å². The molecule has 1 aromatic rings. The Hall–Kier alpha value is -2.25. The SMILES string of the molecule is CCOC(=O)CC1CC(=O)C2C(=O)N(c3ccccc3)NC2N1. The lowest BCUT2D eigenvalue weighted by Crippen LogP contribution is -2.56. The number of ether oxygens (including phenoxy) is 1. The first-order valence-corrected chi connectivity index (χ1v) is 7.69. The Morgan fingerprint density at radius 2 is 2.04 bits per heavy atom.